The summed E-state index contributed by atoms with van der Waals surface area (Å²) in [5.41, 5.74) is 1.21. The summed E-state index contributed by atoms with van der Waals surface area (Å²) in [6.45, 7) is 9.26. The molecule has 1 unspecified atom stereocenters. The minimum absolute atomic E-state index is 0.601. The molecule has 1 aliphatic heterocycles. The van der Waals surface area contributed by atoms with E-state index in [1.807, 2.05) is 12.3 Å². The van der Waals surface area contributed by atoms with Gasteiger partial charge in [0.15, 0.2) is 0 Å². The zero-order valence-electron chi connectivity index (χ0n) is 12.3. The fraction of sp³-hybridized carbons (Fsp3) is 0.688. The molecular weight excluding hydrogens is 234 g/mol. The van der Waals surface area contributed by atoms with Gasteiger partial charge in [0.05, 0.1) is 0 Å². The summed E-state index contributed by atoms with van der Waals surface area (Å²) in [4.78, 5) is 7.00. The number of nitrogens with zero attached hydrogens (tertiary/aromatic N) is 2. The Bertz CT molecular complexity index is 350. The lowest BCUT2D eigenvalue weighted by Crippen LogP contribution is -2.41. The molecule has 0 aromatic carbocycles. The lowest BCUT2D eigenvalue weighted by Gasteiger charge is -2.33. The van der Waals surface area contributed by atoms with E-state index in [9.17, 15) is 0 Å². The summed E-state index contributed by atoms with van der Waals surface area (Å²) >= 11 is 0. The van der Waals surface area contributed by atoms with E-state index in [0.29, 0.717) is 6.04 Å². The average molecular weight is 261 g/mol. The van der Waals surface area contributed by atoms with Gasteiger partial charge in [0.2, 0.25) is 0 Å². The molecule has 0 bridgehead atoms. The second-order valence-corrected chi connectivity index (χ2v) is 5.94. The number of likely N-dealkylation sites (tertiary alicyclic amines) is 1. The summed E-state index contributed by atoms with van der Waals surface area (Å²) in [5.74, 6) is 0.819. The van der Waals surface area contributed by atoms with E-state index >= 15 is 0 Å². The molecule has 1 N–H and O–H groups in total. The van der Waals surface area contributed by atoms with Gasteiger partial charge in [0.25, 0.3) is 0 Å². The number of hydrogen-bond donors (Lipinski definition) is 1. The highest BCUT2D eigenvalue weighted by Gasteiger charge is 2.19. The Hall–Kier alpha value is -0.930. The molecule has 0 amide bonds. The Labute approximate surface area is 117 Å². The summed E-state index contributed by atoms with van der Waals surface area (Å²) in [5, 5.41) is 3.57. The van der Waals surface area contributed by atoms with Crippen molar-refractivity contribution in [1.29, 1.82) is 0 Å². The molecule has 2 rings (SSSR count). The zero-order valence-corrected chi connectivity index (χ0v) is 12.3. The van der Waals surface area contributed by atoms with Crippen LogP contribution in [0.25, 0.3) is 0 Å². The summed E-state index contributed by atoms with van der Waals surface area (Å²) in [7, 11) is 0. The predicted octanol–water partition coefficient (Wildman–Crippen LogP) is 2.33. The maximum Gasteiger partial charge on any atom is 0.0416 e. The Kier molecular flexibility index (Phi) is 5.80. The third-order valence-corrected chi connectivity index (χ3v) is 3.83. The van der Waals surface area contributed by atoms with Crippen molar-refractivity contribution >= 4 is 0 Å². The van der Waals surface area contributed by atoms with Crippen LogP contribution in [0.5, 0.6) is 0 Å². The first-order valence-corrected chi connectivity index (χ1v) is 7.59. The van der Waals surface area contributed by atoms with Crippen molar-refractivity contribution in [2.75, 3.05) is 26.2 Å². The second kappa shape index (κ2) is 7.61. The smallest absolute Gasteiger partial charge is 0.0416 e. The largest absolute Gasteiger partial charge is 0.314 e. The highest BCUT2D eigenvalue weighted by atomic mass is 15.1. The quantitative estimate of drug-likeness (QED) is 0.852. The summed E-state index contributed by atoms with van der Waals surface area (Å²) in [6.07, 6.45) is 5.68. The predicted molar refractivity (Wildman–Crippen MR) is 80.2 cm³/mol. The topological polar surface area (TPSA) is 28.2 Å². The van der Waals surface area contributed by atoms with Crippen molar-refractivity contribution in [3.05, 3.63) is 30.1 Å². The van der Waals surface area contributed by atoms with E-state index in [0.717, 1.165) is 25.4 Å². The molecule has 1 saturated heterocycles. The monoisotopic (exact) mass is 261 g/mol. The number of rotatable bonds is 6. The van der Waals surface area contributed by atoms with Crippen LogP contribution in [0.3, 0.4) is 0 Å². The van der Waals surface area contributed by atoms with Crippen LogP contribution >= 0.6 is 0 Å². The maximum atomic E-state index is 4.40. The van der Waals surface area contributed by atoms with Crippen LogP contribution in [0, 0.1) is 5.92 Å². The third kappa shape index (κ3) is 5.29. The molecule has 0 aliphatic carbocycles. The van der Waals surface area contributed by atoms with Crippen LogP contribution in [0.2, 0.25) is 0 Å². The molecule has 19 heavy (non-hydrogen) atoms. The Morgan fingerprint density at radius 1 is 1.42 bits per heavy atom. The molecule has 0 spiro atoms. The van der Waals surface area contributed by atoms with E-state index in [2.05, 4.69) is 41.2 Å². The van der Waals surface area contributed by atoms with E-state index in [1.54, 1.807) is 0 Å². The van der Waals surface area contributed by atoms with Gasteiger partial charge in [0.1, 0.15) is 0 Å². The molecule has 1 aromatic heterocycles. The van der Waals surface area contributed by atoms with Gasteiger partial charge in [-0.1, -0.05) is 19.9 Å². The summed E-state index contributed by atoms with van der Waals surface area (Å²) < 4.78 is 0. The van der Waals surface area contributed by atoms with Gasteiger partial charge in [-0.3, -0.25) is 4.98 Å². The highest BCUT2D eigenvalue weighted by molar-refractivity contribution is 5.03. The van der Waals surface area contributed by atoms with Crippen LogP contribution in [0.15, 0.2) is 24.4 Å². The number of aromatic nitrogens is 1. The maximum absolute atomic E-state index is 4.40. The molecule has 2 heterocycles. The molecule has 3 heteroatoms. The van der Waals surface area contributed by atoms with Crippen molar-refractivity contribution in [3.63, 3.8) is 0 Å². The molecule has 0 radical (unpaired) electrons. The number of piperidine rings is 1. The molecule has 1 aliphatic rings. The van der Waals surface area contributed by atoms with E-state index in [-0.39, 0.29) is 0 Å². The van der Waals surface area contributed by atoms with Gasteiger partial charge < -0.3 is 10.2 Å². The molecule has 3 nitrogen and oxygen atoms in total. The van der Waals surface area contributed by atoms with Crippen LogP contribution in [-0.4, -0.2) is 42.1 Å². The van der Waals surface area contributed by atoms with E-state index in [1.165, 1.54) is 31.6 Å². The van der Waals surface area contributed by atoms with E-state index < -0.39 is 0 Å². The molecular formula is C16H27N3. The number of pyridine rings is 1. The average Bonchev–Trinajstić information content (AvgIpc) is 2.44. The molecule has 1 atom stereocenters. The number of nitrogens with one attached hydrogen (secondary N) is 1. The summed E-state index contributed by atoms with van der Waals surface area (Å²) in [6, 6.07) is 6.79. The third-order valence-electron chi connectivity index (χ3n) is 3.83. The van der Waals surface area contributed by atoms with Crippen LogP contribution < -0.4 is 5.32 Å². The first-order chi connectivity index (χ1) is 9.24. The van der Waals surface area contributed by atoms with Gasteiger partial charge in [-0.25, -0.2) is 0 Å². The number of hydrogen-bond acceptors (Lipinski definition) is 3. The van der Waals surface area contributed by atoms with Gasteiger partial charge in [-0.05, 0) is 44.0 Å². The first-order valence-electron chi connectivity index (χ1n) is 7.59. The molecule has 106 valence electrons. The van der Waals surface area contributed by atoms with Gasteiger partial charge >= 0.3 is 0 Å². The lowest BCUT2D eigenvalue weighted by molar-refractivity contribution is 0.172. The van der Waals surface area contributed by atoms with Gasteiger partial charge in [0, 0.05) is 37.4 Å². The second-order valence-electron chi connectivity index (χ2n) is 5.94. The molecule has 1 aromatic rings. The fourth-order valence-electron chi connectivity index (χ4n) is 2.74. The molecule has 0 saturated carbocycles. The first kappa shape index (κ1) is 14.5. The Morgan fingerprint density at radius 3 is 3.05 bits per heavy atom. The van der Waals surface area contributed by atoms with Crippen molar-refractivity contribution in [1.82, 2.24) is 15.2 Å². The normalized spacial score (nSPS) is 20.9. The Morgan fingerprint density at radius 2 is 2.32 bits per heavy atom. The van der Waals surface area contributed by atoms with Crippen molar-refractivity contribution in [2.45, 2.75) is 39.2 Å². The van der Waals surface area contributed by atoms with E-state index in [4.69, 9.17) is 0 Å². The lowest BCUT2D eigenvalue weighted by atomic mass is 9.97. The van der Waals surface area contributed by atoms with Crippen molar-refractivity contribution in [3.8, 4) is 0 Å². The fourth-order valence-corrected chi connectivity index (χ4v) is 2.74. The zero-order chi connectivity index (χ0) is 13.5. The van der Waals surface area contributed by atoms with Crippen molar-refractivity contribution in [2.24, 2.45) is 5.92 Å². The SMILES string of the molecule is CC(C)NCC1CCCN(CCc2ccccn2)C1. The minimum atomic E-state index is 0.601. The molecule has 1 fully saturated rings. The standard InChI is InChI=1S/C16H27N3/c1-14(2)18-12-15-6-5-10-19(13-15)11-8-16-7-3-4-9-17-16/h3-4,7,9,14-15,18H,5-6,8,10-13H2,1-2H3. The minimum Gasteiger partial charge on any atom is -0.314 e. The highest BCUT2D eigenvalue weighted by Crippen LogP contribution is 2.16. The van der Waals surface area contributed by atoms with Crippen LogP contribution in [0.4, 0.5) is 0 Å². The van der Waals surface area contributed by atoms with Crippen LogP contribution in [0.1, 0.15) is 32.4 Å². The van der Waals surface area contributed by atoms with Crippen LogP contribution in [-0.2, 0) is 6.42 Å². The van der Waals surface area contributed by atoms with Crippen molar-refractivity contribution < 1.29 is 0 Å². The van der Waals surface area contributed by atoms with Gasteiger partial charge in [-0.2, -0.15) is 0 Å². The Balaban J connectivity index is 1.72. The van der Waals surface area contributed by atoms with Gasteiger partial charge in [-0.15, -0.1) is 0 Å².